The first-order valence-corrected chi connectivity index (χ1v) is 6.59. The summed E-state index contributed by atoms with van der Waals surface area (Å²) in [4.78, 5) is 27.4. The molecule has 1 aliphatic rings. The van der Waals surface area contributed by atoms with E-state index in [9.17, 15) is 22.8 Å². The summed E-state index contributed by atoms with van der Waals surface area (Å²) >= 11 is 0.679. The Labute approximate surface area is 111 Å². The van der Waals surface area contributed by atoms with Crippen molar-refractivity contribution in [1.29, 1.82) is 0 Å². The molecule has 0 radical (unpaired) electrons. The number of likely N-dealkylation sites (tertiary alicyclic amines) is 1. The number of hydrogen-bond donors (Lipinski definition) is 0. The number of carbonyl (C=O) groups excluding carboxylic acids is 2. The molecule has 104 valence electrons. The van der Waals surface area contributed by atoms with Crippen LogP contribution < -0.4 is 0 Å². The van der Waals surface area contributed by atoms with Crippen molar-refractivity contribution in [3.05, 3.63) is 16.1 Å². The monoisotopic (exact) mass is 292 g/mol. The van der Waals surface area contributed by atoms with Crippen LogP contribution in [0.1, 0.15) is 34.6 Å². The van der Waals surface area contributed by atoms with Gasteiger partial charge in [0, 0.05) is 25.9 Å². The molecule has 1 fully saturated rings. The second-order valence-electron chi connectivity index (χ2n) is 4.21. The molecule has 0 spiro atoms. The highest BCUT2D eigenvalue weighted by Gasteiger charge is 2.39. The Morgan fingerprint density at radius 2 is 2.05 bits per heavy atom. The smallest absolute Gasteiger partial charge is 0.337 e. The summed E-state index contributed by atoms with van der Waals surface area (Å²) in [6.07, 6.45) is -3.57. The van der Waals surface area contributed by atoms with Gasteiger partial charge in [0.05, 0.1) is 5.51 Å². The summed E-state index contributed by atoms with van der Waals surface area (Å²) in [6, 6.07) is 0. The third-order valence-electron chi connectivity index (χ3n) is 2.86. The highest BCUT2D eigenvalue weighted by Crippen LogP contribution is 2.33. The Hall–Kier alpha value is -1.44. The van der Waals surface area contributed by atoms with Gasteiger partial charge < -0.3 is 4.90 Å². The molecule has 1 aromatic heterocycles. The lowest BCUT2D eigenvalue weighted by atomic mass is 10.2. The summed E-state index contributed by atoms with van der Waals surface area (Å²) in [5, 5.41) is 0. The SMILES string of the molecule is O=C1CCCN(C(=O)c2scnc2C(F)(F)F)CC1. The van der Waals surface area contributed by atoms with Gasteiger partial charge in [-0.25, -0.2) is 4.98 Å². The van der Waals surface area contributed by atoms with Gasteiger partial charge in [-0.15, -0.1) is 11.3 Å². The number of thiazole rings is 1. The summed E-state index contributed by atoms with van der Waals surface area (Å²) in [6.45, 7) is 0.479. The van der Waals surface area contributed by atoms with Crippen molar-refractivity contribution in [3.8, 4) is 0 Å². The minimum atomic E-state index is -4.63. The van der Waals surface area contributed by atoms with E-state index in [1.165, 1.54) is 4.90 Å². The predicted molar refractivity (Wildman–Crippen MR) is 61.9 cm³/mol. The molecule has 2 rings (SSSR count). The van der Waals surface area contributed by atoms with E-state index >= 15 is 0 Å². The van der Waals surface area contributed by atoms with Gasteiger partial charge in [0.25, 0.3) is 5.91 Å². The molecular formula is C11H11F3N2O2S. The van der Waals surface area contributed by atoms with E-state index in [0.717, 1.165) is 5.51 Å². The van der Waals surface area contributed by atoms with Gasteiger partial charge in [-0.05, 0) is 6.42 Å². The van der Waals surface area contributed by atoms with Gasteiger partial charge in [0.1, 0.15) is 10.7 Å². The van der Waals surface area contributed by atoms with Crippen molar-refractivity contribution in [1.82, 2.24) is 9.88 Å². The molecule has 0 saturated carbocycles. The van der Waals surface area contributed by atoms with Crippen LogP contribution in [0.5, 0.6) is 0 Å². The van der Waals surface area contributed by atoms with E-state index in [0.29, 0.717) is 30.7 Å². The second kappa shape index (κ2) is 5.28. The first-order chi connectivity index (χ1) is 8.89. The number of rotatable bonds is 1. The average Bonchev–Trinajstić information content (AvgIpc) is 2.72. The van der Waals surface area contributed by atoms with Gasteiger partial charge in [-0.1, -0.05) is 0 Å². The van der Waals surface area contributed by atoms with Gasteiger partial charge in [0.2, 0.25) is 0 Å². The van der Waals surface area contributed by atoms with E-state index in [2.05, 4.69) is 4.98 Å². The van der Waals surface area contributed by atoms with Crippen LogP contribution in [-0.4, -0.2) is 34.7 Å². The Bertz CT molecular complexity index is 498. The Balaban J connectivity index is 2.20. The van der Waals surface area contributed by atoms with Gasteiger partial charge >= 0.3 is 6.18 Å². The van der Waals surface area contributed by atoms with E-state index in [1.54, 1.807) is 0 Å². The van der Waals surface area contributed by atoms with Crippen molar-refractivity contribution >= 4 is 23.0 Å². The minimum absolute atomic E-state index is 0.0376. The van der Waals surface area contributed by atoms with Crippen molar-refractivity contribution in [2.45, 2.75) is 25.4 Å². The van der Waals surface area contributed by atoms with Gasteiger partial charge in [-0.3, -0.25) is 9.59 Å². The van der Waals surface area contributed by atoms with Crippen molar-refractivity contribution in [2.24, 2.45) is 0 Å². The zero-order valence-electron chi connectivity index (χ0n) is 9.87. The minimum Gasteiger partial charge on any atom is -0.337 e. The second-order valence-corrected chi connectivity index (χ2v) is 5.07. The van der Waals surface area contributed by atoms with Crippen LogP contribution in [0.2, 0.25) is 0 Å². The summed E-state index contributed by atoms with van der Waals surface area (Å²) in [5.41, 5.74) is -0.128. The lowest BCUT2D eigenvalue weighted by molar-refractivity contribution is -0.141. The number of halogens is 3. The lowest BCUT2D eigenvalue weighted by Gasteiger charge is -2.19. The molecule has 1 amide bonds. The number of hydrogen-bond acceptors (Lipinski definition) is 4. The maximum absolute atomic E-state index is 12.7. The van der Waals surface area contributed by atoms with Crippen molar-refractivity contribution in [2.75, 3.05) is 13.1 Å². The topological polar surface area (TPSA) is 50.3 Å². The number of alkyl halides is 3. The zero-order valence-corrected chi connectivity index (χ0v) is 10.7. The molecule has 0 bridgehead atoms. The summed E-state index contributed by atoms with van der Waals surface area (Å²) < 4.78 is 38.0. The van der Waals surface area contributed by atoms with Crippen LogP contribution in [0.4, 0.5) is 13.2 Å². The van der Waals surface area contributed by atoms with E-state index in [-0.39, 0.29) is 18.7 Å². The van der Waals surface area contributed by atoms with E-state index in [1.807, 2.05) is 0 Å². The highest BCUT2D eigenvalue weighted by atomic mass is 32.1. The standard InChI is InChI=1S/C11H11F3N2O2S/c12-11(13,14)9-8(19-6-15-9)10(18)16-4-1-2-7(17)3-5-16/h6H,1-5H2. The average molecular weight is 292 g/mol. The fraction of sp³-hybridized carbons (Fsp3) is 0.545. The van der Waals surface area contributed by atoms with Crippen molar-refractivity contribution < 1.29 is 22.8 Å². The number of Topliss-reactive ketones (excluding diaryl/α,β-unsaturated/α-hetero) is 1. The maximum atomic E-state index is 12.7. The molecule has 0 atom stereocenters. The Morgan fingerprint density at radius 3 is 2.74 bits per heavy atom. The molecule has 0 unspecified atom stereocenters. The molecule has 0 N–H and O–H groups in total. The first kappa shape index (κ1) is 14.0. The molecule has 1 saturated heterocycles. The van der Waals surface area contributed by atoms with Gasteiger partial charge in [-0.2, -0.15) is 13.2 Å². The maximum Gasteiger partial charge on any atom is 0.434 e. The van der Waals surface area contributed by atoms with Crippen LogP contribution in [0.15, 0.2) is 5.51 Å². The number of ketones is 1. The molecule has 8 heteroatoms. The quantitative estimate of drug-likeness (QED) is 0.798. The van der Waals surface area contributed by atoms with Crippen LogP contribution in [0.3, 0.4) is 0 Å². The third-order valence-corrected chi connectivity index (χ3v) is 3.68. The molecule has 0 aliphatic carbocycles. The van der Waals surface area contributed by atoms with Crippen molar-refractivity contribution in [3.63, 3.8) is 0 Å². The summed E-state index contributed by atoms with van der Waals surface area (Å²) in [7, 11) is 0. The predicted octanol–water partition coefficient (Wildman–Crippen LogP) is 2.36. The fourth-order valence-corrected chi connectivity index (χ4v) is 2.68. The van der Waals surface area contributed by atoms with Crippen LogP contribution in [-0.2, 0) is 11.0 Å². The number of aromatic nitrogens is 1. The van der Waals surface area contributed by atoms with Crippen LogP contribution >= 0.6 is 11.3 Å². The molecule has 0 aromatic carbocycles. The Kier molecular flexibility index (Phi) is 3.88. The Morgan fingerprint density at radius 1 is 1.32 bits per heavy atom. The highest BCUT2D eigenvalue weighted by molar-refractivity contribution is 7.11. The lowest BCUT2D eigenvalue weighted by Crippen LogP contribution is -2.32. The fourth-order valence-electron chi connectivity index (χ4n) is 1.91. The largest absolute Gasteiger partial charge is 0.434 e. The van der Waals surface area contributed by atoms with Crippen LogP contribution in [0.25, 0.3) is 0 Å². The number of carbonyl (C=O) groups is 2. The number of amides is 1. The zero-order chi connectivity index (χ0) is 14.0. The summed E-state index contributed by atoms with van der Waals surface area (Å²) in [5.74, 6) is -0.653. The molecule has 19 heavy (non-hydrogen) atoms. The first-order valence-electron chi connectivity index (χ1n) is 5.71. The van der Waals surface area contributed by atoms with Crippen LogP contribution in [0, 0.1) is 0 Å². The van der Waals surface area contributed by atoms with Gasteiger partial charge in [0.15, 0.2) is 5.69 Å². The molecule has 2 heterocycles. The number of nitrogens with zero attached hydrogens (tertiary/aromatic N) is 2. The molecule has 1 aromatic rings. The molecular weight excluding hydrogens is 281 g/mol. The van der Waals surface area contributed by atoms with E-state index < -0.39 is 22.7 Å². The molecule has 1 aliphatic heterocycles. The van der Waals surface area contributed by atoms with E-state index in [4.69, 9.17) is 0 Å². The third kappa shape index (κ3) is 3.12. The molecule has 4 nitrogen and oxygen atoms in total. The normalized spacial score (nSPS) is 17.4.